The maximum absolute atomic E-state index is 11.9. The maximum Gasteiger partial charge on any atom is 0.318 e. The molecule has 0 aromatic carbocycles. The molecule has 4 nitrogen and oxygen atoms in total. The van der Waals surface area contributed by atoms with Crippen molar-refractivity contribution in [1.82, 2.24) is 10.2 Å². The third-order valence-corrected chi connectivity index (χ3v) is 3.31. The molecule has 1 N–H and O–H groups in total. The van der Waals surface area contributed by atoms with Crippen molar-refractivity contribution in [3.05, 3.63) is 0 Å². The van der Waals surface area contributed by atoms with Crippen LogP contribution in [0.1, 0.15) is 32.6 Å². The van der Waals surface area contributed by atoms with E-state index in [1.807, 2.05) is 11.8 Å². The molecule has 0 unspecified atom stereocenters. The number of carbonyl (C=O) groups is 1. The average molecular weight is 212 g/mol. The highest BCUT2D eigenvalue weighted by Gasteiger charge is 2.26. The lowest BCUT2D eigenvalue weighted by molar-refractivity contribution is 0.0184. The molecule has 1 aliphatic carbocycles. The normalized spacial score (nSPS) is 28.1. The Labute approximate surface area is 91.0 Å². The van der Waals surface area contributed by atoms with Crippen molar-refractivity contribution in [2.75, 3.05) is 19.8 Å². The summed E-state index contributed by atoms with van der Waals surface area (Å²) in [5.41, 5.74) is 0. The smallest absolute Gasteiger partial charge is 0.318 e. The molecule has 2 aliphatic rings. The van der Waals surface area contributed by atoms with E-state index in [-0.39, 0.29) is 12.1 Å². The van der Waals surface area contributed by atoms with Crippen molar-refractivity contribution in [2.45, 2.75) is 44.7 Å². The van der Waals surface area contributed by atoms with Gasteiger partial charge in [-0.25, -0.2) is 4.79 Å². The molecule has 2 amide bonds. The van der Waals surface area contributed by atoms with Gasteiger partial charge in [0.05, 0.1) is 19.3 Å². The summed E-state index contributed by atoms with van der Waals surface area (Å²) in [6.45, 7) is 4.09. The van der Waals surface area contributed by atoms with Crippen LogP contribution in [-0.2, 0) is 4.74 Å². The summed E-state index contributed by atoms with van der Waals surface area (Å²) in [6.07, 6.45) is 4.79. The van der Waals surface area contributed by atoms with Crippen LogP contribution in [0.2, 0.25) is 0 Å². The minimum atomic E-state index is 0.0951. The van der Waals surface area contributed by atoms with E-state index in [1.165, 1.54) is 12.8 Å². The molecule has 86 valence electrons. The summed E-state index contributed by atoms with van der Waals surface area (Å²) >= 11 is 0. The largest absolute Gasteiger partial charge is 0.377 e. The number of urea groups is 1. The summed E-state index contributed by atoms with van der Waals surface area (Å²) in [5.74, 6) is 0. The van der Waals surface area contributed by atoms with Crippen LogP contribution in [-0.4, -0.2) is 42.8 Å². The Morgan fingerprint density at radius 2 is 2.13 bits per heavy atom. The van der Waals surface area contributed by atoms with Crippen LogP contribution < -0.4 is 5.32 Å². The maximum atomic E-state index is 11.9. The first-order valence-corrected chi connectivity index (χ1v) is 5.92. The first kappa shape index (κ1) is 10.7. The number of nitrogens with zero attached hydrogens (tertiary/aromatic N) is 1. The predicted octanol–water partition coefficient (Wildman–Crippen LogP) is 1.36. The number of rotatable bonds is 1. The Kier molecular flexibility index (Phi) is 3.46. The molecule has 0 radical (unpaired) electrons. The second-order valence-corrected chi connectivity index (χ2v) is 4.55. The summed E-state index contributed by atoms with van der Waals surface area (Å²) in [6, 6.07) is 0.713. The molecule has 1 aliphatic heterocycles. The molecule has 4 heteroatoms. The van der Waals surface area contributed by atoms with E-state index in [2.05, 4.69) is 5.32 Å². The zero-order valence-electron chi connectivity index (χ0n) is 9.37. The molecule has 0 aromatic heterocycles. The summed E-state index contributed by atoms with van der Waals surface area (Å²) in [4.78, 5) is 13.8. The topological polar surface area (TPSA) is 41.6 Å². The molecule has 1 saturated carbocycles. The van der Waals surface area contributed by atoms with Gasteiger partial charge in [0.2, 0.25) is 0 Å². The average Bonchev–Trinajstić information content (AvgIpc) is 2.71. The van der Waals surface area contributed by atoms with E-state index in [0.717, 1.165) is 19.4 Å². The number of morpholine rings is 1. The van der Waals surface area contributed by atoms with Crippen molar-refractivity contribution in [3.8, 4) is 0 Å². The van der Waals surface area contributed by atoms with Crippen LogP contribution >= 0.6 is 0 Å². The quantitative estimate of drug-likeness (QED) is 0.713. The van der Waals surface area contributed by atoms with Gasteiger partial charge in [-0.05, 0) is 19.8 Å². The lowest BCUT2D eigenvalue weighted by Gasteiger charge is -2.34. The Morgan fingerprint density at radius 1 is 1.40 bits per heavy atom. The molecule has 0 aromatic rings. The fraction of sp³-hybridized carbons (Fsp3) is 0.909. The van der Waals surface area contributed by atoms with Gasteiger partial charge in [-0.3, -0.25) is 0 Å². The molecule has 0 spiro atoms. The third kappa shape index (κ3) is 2.62. The van der Waals surface area contributed by atoms with Gasteiger partial charge in [0.25, 0.3) is 0 Å². The van der Waals surface area contributed by atoms with Crippen molar-refractivity contribution >= 4 is 6.03 Å². The van der Waals surface area contributed by atoms with Gasteiger partial charge in [0.1, 0.15) is 0 Å². The molecule has 1 heterocycles. The highest BCUT2D eigenvalue weighted by molar-refractivity contribution is 5.75. The first-order valence-electron chi connectivity index (χ1n) is 5.92. The number of hydrogen-bond donors (Lipinski definition) is 1. The lowest BCUT2D eigenvalue weighted by atomic mass is 10.2. The Bertz CT molecular complexity index is 227. The minimum absolute atomic E-state index is 0.0951. The minimum Gasteiger partial charge on any atom is -0.377 e. The Morgan fingerprint density at radius 3 is 2.80 bits per heavy atom. The van der Waals surface area contributed by atoms with Crippen LogP contribution in [0.25, 0.3) is 0 Å². The number of amides is 2. The molecule has 2 fully saturated rings. The molecular weight excluding hydrogens is 192 g/mol. The second-order valence-electron chi connectivity index (χ2n) is 4.55. The number of ether oxygens (including phenoxy) is 1. The molecule has 1 atom stereocenters. The van der Waals surface area contributed by atoms with Crippen molar-refractivity contribution in [3.63, 3.8) is 0 Å². The van der Waals surface area contributed by atoms with E-state index < -0.39 is 0 Å². The van der Waals surface area contributed by atoms with Crippen LogP contribution in [0.5, 0.6) is 0 Å². The highest BCUT2D eigenvalue weighted by Crippen LogP contribution is 2.18. The van der Waals surface area contributed by atoms with Crippen LogP contribution in [0.3, 0.4) is 0 Å². The van der Waals surface area contributed by atoms with Gasteiger partial charge < -0.3 is 15.0 Å². The third-order valence-electron chi connectivity index (χ3n) is 3.31. The monoisotopic (exact) mass is 212 g/mol. The van der Waals surface area contributed by atoms with Gasteiger partial charge >= 0.3 is 6.03 Å². The fourth-order valence-electron chi connectivity index (χ4n) is 2.36. The molecule has 0 bridgehead atoms. The van der Waals surface area contributed by atoms with E-state index >= 15 is 0 Å². The molecule has 2 rings (SSSR count). The Balaban J connectivity index is 1.83. The van der Waals surface area contributed by atoms with E-state index in [4.69, 9.17) is 4.74 Å². The van der Waals surface area contributed by atoms with Crippen LogP contribution in [0, 0.1) is 0 Å². The van der Waals surface area contributed by atoms with Gasteiger partial charge in [0, 0.05) is 12.6 Å². The van der Waals surface area contributed by atoms with Crippen LogP contribution in [0.15, 0.2) is 0 Å². The molecule has 15 heavy (non-hydrogen) atoms. The Hall–Kier alpha value is -0.770. The summed E-state index contributed by atoms with van der Waals surface area (Å²) in [7, 11) is 0. The van der Waals surface area contributed by atoms with Crippen LogP contribution in [0.4, 0.5) is 4.79 Å². The van der Waals surface area contributed by atoms with Gasteiger partial charge in [-0.15, -0.1) is 0 Å². The van der Waals surface area contributed by atoms with Crippen molar-refractivity contribution in [1.29, 1.82) is 0 Å². The number of carbonyl (C=O) groups excluding carboxylic acids is 1. The number of nitrogens with one attached hydrogen (secondary N) is 1. The standard InChI is InChI=1S/C11H20N2O2/c1-9-8-15-7-6-13(9)11(14)12-10-4-2-3-5-10/h9-10H,2-8H2,1H3,(H,12,14)/t9-/m1/s1. The summed E-state index contributed by atoms with van der Waals surface area (Å²) in [5, 5.41) is 3.11. The summed E-state index contributed by atoms with van der Waals surface area (Å²) < 4.78 is 5.31. The van der Waals surface area contributed by atoms with Gasteiger partial charge in [0.15, 0.2) is 0 Å². The lowest BCUT2D eigenvalue weighted by Crippen LogP contribution is -2.52. The molecule has 1 saturated heterocycles. The van der Waals surface area contributed by atoms with E-state index in [1.54, 1.807) is 0 Å². The molecular formula is C11H20N2O2. The second kappa shape index (κ2) is 4.84. The van der Waals surface area contributed by atoms with Gasteiger partial charge in [-0.1, -0.05) is 12.8 Å². The van der Waals surface area contributed by atoms with E-state index in [0.29, 0.717) is 19.3 Å². The predicted molar refractivity (Wildman–Crippen MR) is 57.8 cm³/mol. The van der Waals surface area contributed by atoms with Crippen molar-refractivity contribution < 1.29 is 9.53 Å². The van der Waals surface area contributed by atoms with Crippen molar-refractivity contribution in [2.24, 2.45) is 0 Å². The first-order chi connectivity index (χ1) is 7.27. The fourth-order valence-corrected chi connectivity index (χ4v) is 2.36. The van der Waals surface area contributed by atoms with Gasteiger partial charge in [-0.2, -0.15) is 0 Å². The number of hydrogen-bond acceptors (Lipinski definition) is 2. The zero-order valence-corrected chi connectivity index (χ0v) is 9.37. The zero-order chi connectivity index (χ0) is 10.7. The van der Waals surface area contributed by atoms with E-state index in [9.17, 15) is 4.79 Å². The highest BCUT2D eigenvalue weighted by atomic mass is 16.5. The SMILES string of the molecule is C[C@@H]1COCCN1C(=O)NC1CCCC1.